The van der Waals surface area contributed by atoms with Gasteiger partial charge in [-0.05, 0) is 77.2 Å². The number of fused-ring (bicyclic) bond motifs is 9. The summed E-state index contributed by atoms with van der Waals surface area (Å²) in [7, 11) is 0. The number of anilines is 2. The first-order valence-corrected chi connectivity index (χ1v) is 18.5. The summed E-state index contributed by atoms with van der Waals surface area (Å²) in [6, 6.07) is 60.5. The molecule has 254 valence electrons. The maximum atomic E-state index is 7.10. The van der Waals surface area contributed by atoms with Crippen LogP contribution in [0.5, 0.6) is 23.0 Å². The molecule has 3 heteroatoms. The van der Waals surface area contributed by atoms with E-state index in [0.29, 0.717) is 0 Å². The van der Waals surface area contributed by atoms with Crippen LogP contribution in [0, 0.1) is 0 Å². The molecule has 7 aromatic carbocycles. The largest absolute Gasteiger partial charge is 0.457 e. The van der Waals surface area contributed by atoms with Gasteiger partial charge in [-0.3, -0.25) is 0 Å². The van der Waals surface area contributed by atoms with E-state index in [2.05, 4.69) is 200 Å². The first-order chi connectivity index (χ1) is 26.3. The number of hydrogen-bond acceptors (Lipinski definition) is 3. The maximum Gasteiger partial charge on any atom is 0.140 e. The minimum Gasteiger partial charge on any atom is -0.457 e. The van der Waals surface area contributed by atoms with Crippen molar-refractivity contribution >= 4 is 16.9 Å². The molecule has 53 heavy (non-hydrogen) atoms. The second-order valence-corrected chi connectivity index (χ2v) is 13.9. The lowest BCUT2D eigenvalue weighted by Gasteiger charge is -2.45. The van der Waals surface area contributed by atoms with Gasteiger partial charge in [0.25, 0.3) is 0 Å². The zero-order chi connectivity index (χ0) is 35.4. The van der Waals surface area contributed by atoms with Crippen molar-refractivity contribution in [1.29, 1.82) is 0 Å². The van der Waals surface area contributed by atoms with Crippen LogP contribution in [0.2, 0.25) is 0 Å². The van der Waals surface area contributed by atoms with Gasteiger partial charge in [-0.15, -0.1) is 0 Å². The quantitative estimate of drug-likeness (QED) is 0.184. The van der Waals surface area contributed by atoms with Gasteiger partial charge in [0, 0.05) is 51.3 Å². The highest BCUT2D eigenvalue weighted by Crippen LogP contribution is 2.63. The third-order valence-corrected chi connectivity index (χ3v) is 11.1. The van der Waals surface area contributed by atoms with Crippen molar-refractivity contribution in [1.82, 2.24) is 0 Å². The summed E-state index contributed by atoms with van der Waals surface area (Å²) >= 11 is 0. The highest BCUT2D eigenvalue weighted by Gasteiger charge is 2.51. The van der Waals surface area contributed by atoms with Gasteiger partial charge in [0.15, 0.2) is 0 Å². The first kappa shape index (κ1) is 31.2. The molecule has 0 fully saturated rings. The van der Waals surface area contributed by atoms with Gasteiger partial charge in [0.05, 0.1) is 5.41 Å². The molecule has 0 saturated carbocycles. The minimum atomic E-state index is -0.698. The molecule has 0 radical (unpaired) electrons. The lowest BCUT2D eigenvalue weighted by Crippen LogP contribution is -2.37. The van der Waals surface area contributed by atoms with Crippen molar-refractivity contribution in [3.8, 4) is 34.1 Å². The SMILES string of the molecule is CCC1/C(c2ccc3c(c2)C2(c4ccccc4Oc4ccccc42)c2cccc(-c4ccccc4)c2O3)=C\C=C/N(c2ccccc2)c2ccccc21. The van der Waals surface area contributed by atoms with Gasteiger partial charge in [-0.25, -0.2) is 0 Å². The van der Waals surface area contributed by atoms with Crippen molar-refractivity contribution in [3.63, 3.8) is 0 Å². The summed E-state index contributed by atoms with van der Waals surface area (Å²) in [5.74, 6) is 3.60. The van der Waals surface area contributed by atoms with Gasteiger partial charge in [0.1, 0.15) is 23.0 Å². The van der Waals surface area contributed by atoms with E-state index in [1.54, 1.807) is 0 Å². The van der Waals surface area contributed by atoms with E-state index in [1.165, 1.54) is 22.4 Å². The maximum absolute atomic E-state index is 7.10. The average Bonchev–Trinajstić information content (AvgIpc) is 3.21. The van der Waals surface area contributed by atoms with E-state index < -0.39 is 5.41 Å². The lowest BCUT2D eigenvalue weighted by atomic mass is 9.61. The Morgan fingerprint density at radius 2 is 1.19 bits per heavy atom. The van der Waals surface area contributed by atoms with Crippen molar-refractivity contribution in [3.05, 3.63) is 222 Å². The zero-order valence-corrected chi connectivity index (χ0v) is 29.4. The summed E-state index contributed by atoms with van der Waals surface area (Å²) in [6.45, 7) is 2.29. The third-order valence-electron chi connectivity index (χ3n) is 11.1. The van der Waals surface area contributed by atoms with Crippen molar-refractivity contribution in [2.45, 2.75) is 24.7 Å². The average molecular weight is 684 g/mol. The summed E-state index contributed by atoms with van der Waals surface area (Å²) in [5, 5.41) is 0. The molecule has 3 aliphatic rings. The van der Waals surface area contributed by atoms with E-state index >= 15 is 0 Å². The predicted octanol–water partition coefficient (Wildman–Crippen LogP) is 13.2. The van der Waals surface area contributed by atoms with Crippen molar-refractivity contribution in [2.24, 2.45) is 0 Å². The zero-order valence-electron chi connectivity index (χ0n) is 29.4. The Morgan fingerprint density at radius 1 is 0.547 bits per heavy atom. The Labute approximate surface area is 310 Å². The van der Waals surface area contributed by atoms with Crippen molar-refractivity contribution in [2.75, 3.05) is 4.90 Å². The second-order valence-electron chi connectivity index (χ2n) is 13.9. The Hall–Kier alpha value is -6.58. The Balaban J connectivity index is 1.24. The monoisotopic (exact) mass is 683 g/mol. The summed E-state index contributed by atoms with van der Waals surface area (Å²) in [6.07, 6.45) is 7.65. The molecular formula is C50H37NO2. The van der Waals surface area contributed by atoms with Gasteiger partial charge < -0.3 is 14.4 Å². The molecule has 3 aliphatic heterocycles. The normalized spacial score (nSPS) is 17.6. The van der Waals surface area contributed by atoms with Crippen molar-refractivity contribution < 1.29 is 9.47 Å². The number of para-hydroxylation sites is 5. The summed E-state index contributed by atoms with van der Waals surface area (Å²) in [4.78, 5) is 2.30. The molecule has 10 rings (SSSR count). The fraction of sp³-hybridized carbons (Fsp3) is 0.0800. The Kier molecular flexibility index (Phi) is 7.40. The predicted molar refractivity (Wildman–Crippen MR) is 216 cm³/mol. The lowest BCUT2D eigenvalue weighted by molar-refractivity contribution is 0.400. The molecule has 0 bridgehead atoms. The second kappa shape index (κ2) is 12.6. The Bertz CT molecular complexity index is 2520. The first-order valence-electron chi connectivity index (χ1n) is 18.5. The number of hydrogen-bond donors (Lipinski definition) is 0. The topological polar surface area (TPSA) is 21.7 Å². The van der Waals surface area contributed by atoms with Crippen LogP contribution in [0.4, 0.5) is 11.4 Å². The highest BCUT2D eigenvalue weighted by atomic mass is 16.5. The van der Waals surface area contributed by atoms with E-state index in [0.717, 1.165) is 68.5 Å². The molecule has 1 spiro atoms. The fourth-order valence-electron chi connectivity index (χ4n) is 8.86. The van der Waals surface area contributed by atoms with Gasteiger partial charge in [-0.2, -0.15) is 0 Å². The van der Waals surface area contributed by atoms with E-state index in [1.807, 2.05) is 0 Å². The van der Waals surface area contributed by atoms with E-state index in [4.69, 9.17) is 9.47 Å². The summed E-state index contributed by atoms with van der Waals surface area (Å²) in [5.41, 5.74) is 12.0. The molecule has 3 nitrogen and oxygen atoms in total. The number of benzene rings is 7. The third kappa shape index (κ3) is 4.81. The van der Waals surface area contributed by atoms with Gasteiger partial charge in [0.2, 0.25) is 0 Å². The standard InChI is InChI=1S/C50H37NO2/c1-2-37-38(23-16-32-51(36-19-7-4-8-20-36)45-27-12-9-21-40(37)45)35-30-31-48-44(33-35)50(41-24-10-13-28-46(41)52-47-29-14-11-25-42(47)50)43-26-15-22-39(49(43)53-48)34-17-5-3-6-18-34/h3-33,37H,2H2,1H3/b32-16-,38-23-. The smallest absolute Gasteiger partial charge is 0.140 e. The van der Waals surface area contributed by atoms with Crippen LogP contribution < -0.4 is 14.4 Å². The molecular weight excluding hydrogens is 647 g/mol. The number of ether oxygens (including phenoxy) is 2. The Morgan fingerprint density at radius 3 is 1.94 bits per heavy atom. The molecule has 0 aliphatic carbocycles. The minimum absolute atomic E-state index is 0.159. The molecule has 0 aromatic heterocycles. The van der Waals surface area contributed by atoms with Gasteiger partial charge in [-0.1, -0.05) is 140 Å². The van der Waals surface area contributed by atoms with Crippen LogP contribution in [0.1, 0.15) is 52.6 Å². The van der Waals surface area contributed by atoms with Crippen LogP contribution in [0.3, 0.4) is 0 Å². The van der Waals surface area contributed by atoms with Crippen LogP contribution in [-0.4, -0.2) is 0 Å². The van der Waals surface area contributed by atoms with Crippen LogP contribution in [-0.2, 0) is 5.41 Å². The van der Waals surface area contributed by atoms with Gasteiger partial charge >= 0.3 is 0 Å². The number of rotatable bonds is 4. The molecule has 0 amide bonds. The molecule has 3 heterocycles. The van der Waals surface area contributed by atoms with Crippen LogP contribution in [0.25, 0.3) is 16.7 Å². The summed E-state index contributed by atoms with van der Waals surface area (Å²) < 4.78 is 13.8. The molecule has 0 saturated heterocycles. The number of allylic oxidation sites excluding steroid dienone is 3. The molecule has 1 unspecified atom stereocenters. The fourth-order valence-corrected chi connectivity index (χ4v) is 8.86. The van der Waals surface area contributed by atoms with Crippen LogP contribution in [0.15, 0.2) is 188 Å². The molecule has 1 atom stereocenters. The highest BCUT2D eigenvalue weighted by molar-refractivity contribution is 5.85. The number of nitrogens with zero attached hydrogens (tertiary/aromatic N) is 1. The van der Waals surface area contributed by atoms with E-state index in [9.17, 15) is 0 Å². The van der Waals surface area contributed by atoms with Crippen LogP contribution >= 0.6 is 0 Å². The molecule has 7 aromatic rings. The van der Waals surface area contributed by atoms with E-state index in [-0.39, 0.29) is 5.92 Å². The molecule has 0 N–H and O–H groups in total.